The standard InChI is InChI=1S/C21H26O/c1-4-14-5-7-18-17-8-6-15-12-16(22)9-10-21(15,3)19(17)11-13(2)20(14)18/h9-10,12-13,17-20H,1,5-8,11H2,2-3H3/t13-,17?,18?,19?,20?,21+/m1/s1. The maximum atomic E-state index is 11.8. The highest BCUT2D eigenvalue weighted by molar-refractivity contribution is 6.01. The number of allylic oxidation sites excluding steroid dienone is 5. The molecule has 0 N–H and O–H groups in total. The van der Waals surface area contributed by atoms with Crippen LogP contribution in [0.5, 0.6) is 0 Å². The first kappa shape index (κ1) is 14.3. The molecule has 0 saturated heterocycles. The number of carbonyl (C=O) groups is 1. The fraction of sp³-hybridized carbons (Fsp3) is 0.619. The Morgan fingerprint density at radius 1 is 1.27 bits per heavy atom. The van der Waals surface area contributed by atoms with E-state index in [9.17, 15) is 4.79 Å². The van der Waals surface area contributed by atoms with Crippen LogP contribution in [0, 0.1) is 35.0 Å². The molecule has 0 aromatic heterocycles. The van der Waals surface area contributed by atoms with Crippen molar-refractivity contribution in [3.05, 3.63) is 41.7 Å². The summed E-state index contributed by atoms with van der Waals surface area (Å²) in [6, 6.07) is 0. The van der Waals surface area contributed by atoms with E-state index in [1.807, 2.05) is 12.2 Å². The Morgan fingerprint density at radius 2 is 2.05 bits per heavy atom. The Morgan fingerprint density at radius 3 is 2.82 bits per heavy atom. The number of rotatable bonds is 0. The van der Waals surface area contributed by atoms with Crippen LogP contribution in [0.2, 0.25) is 0 Å². The number of hydrogen-bond donors (Lipinski definition) is 0. The quantitative estimate of drug-likeness (QED) is 0.583. The van der Waals surface area contributed by atoms with E-state index in [2.05, 4.69) is 32.2 Å². The molecule has 0 amide bonds. The molecule has 0 bridgehead atoms. The zero-order valence-corrected chi connectivity index (χ0v) is 13.8. The van der Waals surface area contributed by atoms with Crippen molar-refractivity contribution >= 4 is 5.78 Å². The lowest BCUT2D eigenvalue weighted by molar-refractivity contribution is -0.111. The third-order valence-corrected chi connectivity index (χ3v) is 7.26. The first-order valence-corrected chi connectivity index (χ1v) is 8.87. The SMILES string of the molecule is C=C=C1CCC2C3CCC4=CC(=O)C=C[C@]4(C)C3C[C@@H](C)C12. The van der Waals surface area contributed by atoms with Crippen molar-refractivity contribution in [2.75, 3.05) is 0 Å². The summed E-state index contributed by atoms with van der Waals surface area (Å²) in [5.74, 6) is 3.97. The van der Waals surface area contributed by atoms with Gasteiger partial charge in [-0.3, -0.25) is 4.79 Å². The summed E-state index contributed by atoms with van der Waals surface area (Å²) in [5, 5.41) is 0. The van der Waals surface area contributed by atoms with E-state index in [1.54, 1.807) is 0 Å². The van der Waals surface area contributed by atoms with Gasteiger partial charge in [0.15, 0.2) is 5.78 Å². The predicted molar refractivity (Wildman–Crippen MR) is 89.2 cm³/mol. The van der Waals surface area contributed by atoms with E-state index in [0.717, 1.165) is 30.1 Å². The molecule has 22 heavy (non-hydrogen) atoms. The molecule has 4 unspecified atom stereocenters. The highest BCUT2D eigenvalue weighted by atomic mass is 16.1. The first-order valence-electron chi connectivity index (χ1n) is 8.87. The molecule has 0 aromatic rings. The van der Waals surface area contributed by atoms with Gasteiger partial charge in [0.25, 0.3) is 0 Å². The Hall–Kier alpha value is -1.33. The van der Waals surface area contributed by atoms with Gasteiger partial charge in [-0.25, -0.2) is 0 Å². The normalized spacial score (nSPS) is 46.5. The highest BCUT2D eigenvalue weighted by Gasteiger charge is 2.54. The van der Waals surface area contributed by atoms with Crippen molar-refractivity contribution < 1.29 is 4.79 Å². The summed E-state index contributed by atoms with van der Waals surface area (Å²) in [4.78, 5) is 11.8. The fourth-order valence-electron chi connectivity index (χ4n) is 6.27. The van der Waals surface area contributed by atoms with Crippen molar-refractivity contribution in [3.63, 3.8) is 0 Å². The van der Waals surface area contributed by atoms with E-state index in [1.165, 1.54) is 36.8 Å². The van der Waals surface area contributed by atoms with Gasteiger partial charge in [0.05, 0.1) is 0 Å². The summed E-state index contributed by atoms with van der Waals surface area (Å²) in [7, 11) is 0. The molecule has 3 saturated carbocycles. The summed E-state index contributed by atoms with van der Waals surface area (Å²) < 4.78 is 0. The Kier molecular flexibility index (Phi) is 3.13. The van der Waals surface area contributed by atoms with E-state index in [-0.39, 0.29) is 11.2 Å². The largest absolute Gasteiger partial charge is 0.290 e. The van der Waals surface area contributed by atoms with Crippen molar-refractivity contribution in [2.24, 2.45) is 35.0 Å². The minimum atomic E-state index is 0.122. The first-order chi connectivity index (χ1) is 10.5. The molecule has 6 atom stereocenters. The van der Waals surface area contributed by atoms with E-state index >= 15 is 0 Å². The smallest absolute Gasteiger partial charge is 0.178 e. The molecular weight excluding hydrogens is 268 g/mol. The molecule has 3 fully saturated rings. The second-order valence-electron chi connectivity index (χ2n) is 8.14. The second-order valence-corrected chi connectivity index (χ2v) is 8.14. The number of ketones is 1. The molecule has 0 radical (unpaired) electrons. The monoisotopic (exact) mass is 294 g/mol. The molecule has 0 spiro atoms. The van der Waals surface area contributed by atoms with E-state index in [0.29, 0.717) is 5.92 Å². The predicted octanol–water partition coefficient (Wildman–Crippen LogP) is 4.86. The van der Waals surface area contributed by atoms with Crippen LogP contribution in [0.15, 0.2) is 41.7 Å². The third kappa shape index (κ3) is 1.82. The van der Waals surface area contributed by atoms with E-state index in [4.69, 9.17) is 0 Å². The van der Waals surface area contributed by atoms with Crippen LogP contribution in [0.25, 0.3) is 0 Å². The zero-order chi connectivity index (χ0) is 15.5. The number of carbonyl (C=O) groups excluding carboxylic acids is 1. The van der Waals surface area contributed by atoms with Crippen LogP contribution in [-0.2, 0) is 4.79 Å². The van der Waals surface area contributed by atoms with Crippen molar-refractivity contribution in [1.29, 1.82) is 0 Å². The average Bonchev–Trinajstić information content (AvgIpc) is 2.94. The lowest BCUT2D eigenvalue weighted by Crippen LogP contribution is -2.48. The lowest BCUT2D eigenvalue weighted by atomic mass is 9.49. The highest BCUT2D eigenvalue weighted by Crippen LogP contribution is 2.62. The van der Waals surface area contributed by atoms with Crippen LogP contribution in [-0.4, -0.2) is 5.78 Å². The molecule has 0 aromatic carbocycles. The summed E-state index contributed by atoms with van der Waals surface area (Å²) in [5.41, 5.74) is 6.27. The van der Waals surface area contributed by atoms with Gasteiger partial charge in [-0.2, -0.15) is 0 Å². The molecule has 4 aliphatic rings. The van der Waals surface area contributed by atoms with Gasteiger partial charge in [0, 0.05) is 5.41 Å². The third-order valence-electron chi connectivity index (χ3n) is 7.26. The summed E-state index contributed by atoms with van der Waals surface area (Å²) in [6.07, 6.45) is 12.2. The van der Waals surface area contributed by atoms with Crippen LogP contribution >= 0.6 is 0 Å². The van der Waals surface area contributed by atoms with Crippen LogP contribution in [0.3, 0.4) is 0 Å². The summed E-state index contributed by atoms with van der Waals surface area (Å²) in [6.45, 7) is 8.75. The average molecular weight is 294 g/mol. The van der Waals surface area contributed by atoms with Gasteiger partial charge in [0.2, 0.25) is 0 Å². The Bertz CT molecular complexity index is 630. The van der Waals surface area contributed by atoms with E-state index < -0.39 is 0 Å². The topological polar surface area (TPSA) is 17.1 Å². The summed E-state index contributed by atoms with van der Waals surface area (Å²) >= 11 is 0. The molecule has 116 valence electrons. The zero-order valence-electron chi connectivity index (χ0n) is 13.8. The molecule has 0 aliphatic heterocycles. The van der Waals surface area contributed by atoms with Crippen molar-refractivity contribution in [3.8, 4) is 0 Å². The molecule has 1 nitrogen and oxygen atoms in total. The van der Waals surface area contributed by atoms with Gasteiger partial charge in [-0.1, -0.05) is 32.1 Å². The van der Waals surface area contributed by atoms with Crippen molar-refractivity contribution in [1.82, 2.24) is 0 Å². The van der Waals surface area contributed by atoms with Gasteiger partial charge in [0.1, 0.15) is 0 Å². The minimum Gasteiger partial charge on any atom is -0.290 e. The molecule has 0 heterocycles. The number of fused-ring (bicyclic) bond motifs is 5. The van der Waals surface area contributed by atoms with Crippen LogP contribution < -0.4 is 0 Å². The maximum absolute atomic E-state index is 11.8. The van der Waals surface area contributed by atoms with Crippen LogP contribution in [0.1, 0.15) is 46.0 Å². The van der Waals surface area contributed by atoms with Crippen LogP contribution in [0.4, 0.5) is 0 Å². The second kappa shape index (κ2) is 4.83. The molecule has 4 aliphatic carbocycles. The fourth-order valence-corrected chi connectivity index (χ4v) is 6.27. The van der Waals surface area contributed by atoms with Gasteiger partial charge < -0.3 is 0 Å². The van der Waals surface area contributed by atoms with Gasteiger partial charge in [-0.05, 0) is 79.4 Å². The Labute approximate surface area is 133 Å². The van der Waals surface area contributed by atoms with Gasteiger partial charge >= 0.3 is 0 Å². The maximum Gasteiger partial charge on any atom is 0.178 e. The van der Waals surface area contributed by atoms with Gasteiger partial charge in [-0.15, -0.1) is 5.73 Å². The number of hydrogen-bond acceptors (Lipinski definition) is 1. The lowest BCUT2D eigenvalue weighted by Gasteiger charge is -2.55. The Balaban J connectivity index is 1.73. The minimum absolute atomic E-state index is 0.122. The van der Waals surface area contributed by atoms with Crippen molar-refractivity contribution in [2.45, 2.75) is 46.0 Å². The molecular formula is C21H26O. The molecule has 1 heteroatoms. The molecule has 4 rings (SSSR count).